The third kappa shape index (κ3) is 4.32. The van der Waals surface area contributed by atoms with Gasteiger partial charge in [-0.3, -0.25) is 14.7 Å². The quantitative estimate of drug-likeness (QED) is 0.811. The molecule has 3 rings (SSSR count). The fourth-order valence-electron chi connectivity index (χ4n) is 3.16. The van der Waals surface area contributed by atoms with E-state index in [0.717, 1.165) is 13.1 Å². The van der Waals surface area contributed by atoms with Crippen LogP contribution >= 0.6 is 23.2 Å². The van der Waals surface area contributed by atoms with E-state index in [1.807, 2.05) is 17.2 Å². The van der Waals surface area contributed by atoms with Crippen LogP contribution in [0, 0.1) is 0 Å². The van der Waals surface area contributed by atoms with Crippen molar-refractivity contribution in [1.82, 2.24) is 14.8 Å². The van der Waals surface area contributed by atoms with E-state index in [-0.39, 0.29) is 12.3 Å². The molecule has 1 unspecified atom stereocenters. The number of aromatic nitrogens is 1. The lowest BCUT2D eigenvalue weighted by Gasteiger charge is -2.38. The van der Waals surface area contributed by atoms with Crippen molar-refractivity contribution in [2.24, 2.45) is 0 Å². The highest BCUT2D eigenvalue weighted by Crippen LogP contribution is 2.26. The summed E-state index contributed by atoms with van der Waals surface area (Å²) < 4.78 is 0. The van der Waals surface area contributed by atoms with Gasteiger partial charge in [0.05, 0.1) is 6.42 Å². The van der Waals surface area contributed by atoms with E-state index in [1.165, 1.54) is 5.56 Å². The summed E-state index contributed by atoms with van der Waals surface area (Å²) in [4.78, 5) is 21.1. The van der Waals surface area contributed by atoms with Gasteiger partial charge >= 0.3 is 0 Å². The Hall–Kier alpha value is -1.62. The van der Waals surface area contributed by atoms with E-state index < -0.39 is 0 Å². The number of halogens is 2. The van der Waals surface area contributed by atoms with Gasteiger partial charge in [0.1, 0.15) is 0 Å². The Morgan fingerprint density at radius 1 is 1.12 bits per heavy atom. The zero-order valence-corrected chi connectivity index (χ0v) is 15.7. The molecule has 1 amide bonds. The molecule has 2 heterocycles. The number of hydrogen-bond acceptors (Lipinski definition) is 3. The Bertz CT molecular complexity index is 710. The Labute approximate surface area is 158 Å². The van der Waals surface area contributed by atoms with Crippen molar-refractivity contribution in [2.45, 2.75) is 19.4 Å². The topological polar surface area (TPSA) is 36.4 Å². The van der Waals surface area contributed by atoms with Gasteiger partial charge in [-0.25, -0.2) is 0 Å². The zero-order chi connectivity index (χ0) is 17.8. The third-order valence-corrected chi connectivity index (χ3v) is 5.48. The van der Waals surface area contributed by atoms with E-state index in [0.29, 0.717) is 34.7 Å². The maximum Gasteiger partial charge on any atom is 0.227 e. The molecular weight excluding hydrogens is 357 g/mol. The van der Waals surface area contributed by atoms with Crippen LogP contribution < -0.4 is 0 Å². The number of piperazine rings is 1. The van der Waals surface area contributed by atoms with E-state index in [4.69, 9.17) is 23.2 Å². The first kappa shape index (κ1) is 18.2. The number of benzene rings is 1. The average molecular weight is 378 g/mol. The van der Waals surface area contributed by atoms with Crippen LogP contribution in [-0.2, 0) is 11.2 Å². The van der Waals surface area contributed by atoms with E-state index in [9.17, 15) is 4.79 Å². The third-order valence-electron chi connectivity index (χ3n) is 4.77. The maximum absolute atomic E-state index is 12.6. The summed E-state index contributed by atoms with van der Waals surface area (Å²) in [5.41, 5.74) is 1.91. The van der Waals surface area contributed by atoms with Crippen LogP contribution in [-0.4, -0.2) is 46.9 Å². The van der Waals surface area contributed by atoms with Crippen molar-refractivity contribution in [3.63, 3.8) is 0 Å². The second-order valence-electron chi connectivity index (χ2n) is 6.26. The average Bonchev–Trinajstić information content (AvgIpc) is 2.65. The fourth-order valence-corrected chi connectivity index (χ4v) is 3.69. The standard InChI is InChI=1S/C19H21Cl2N3O/c1-14(15-4-3-7-22-13-15)23-8-10-24(11-9-23)19(25)12-16-17(20)5-2-6-18(16)21/h2-7,13-14H,8-12H2,1H3. The van der Waals surface area contributed by atoms with Crippen molar-refractivity contribution in [3.8, 4) is 0 Å². The molecule has 1 atom stereocenters. The lowest BCUT2D eigenvalue weighted by Crippen LogP contribution is -2.49. The highest BCUT2D eigenvalue weighted by Gasteiger charge is 2.25. The predicted octanol–water partition coefficient (Wildman–Crippen LogP) is 3.84. The highest BCUT2D eigenvalue weighted by atomic mass is 35.5. The summed E-state index contributed by atoms with van der Waals surface area (Å²) in [5.74, 6) is 0.0729. The number of rotatable bonds is 4. The SMILES string of the molecule is CC(c1cccnc1)N1CCN(C(=O)Cc2c(Cl)cccc2Cl)CC1. The second kappa shape index (κ2) is 8.17. The monoisotopic (exact) mass is 377 g/mol. The minimum absolute atomic E-state index is 0.0729. The molecule has 0 radical (unpaired) electrons. The van der Waals surface area contributed by atoms with Crippen LogP contribution in [0.4, 0.5) is 0 Å². The number of carbonyl (C=O) groups excluding carboxylic acids is 1. The molecule has 1 fully saturated rings. The summed E-state index contributed by atoms with van der Waals surface area (Å²) in [6, 6.07) is 9.67. The van der Waals surface area contributed by atoms with Crippen LogP contribution in [0.5, 0.6) is 0 Å². The second-order valence-corrected chi connectivity index (χ2v) is 7.07. The molecule has 25 heavy (non-hydrogen) atoms. The molecule has 2 aromatic rings. The molecule has 6 heteroatoms. The minimum Gasteiger partial charge on any atom is -0.340 e. The van der Waals surface area contributed by atoms with Crippen LogP contribution in [0.3, 0.4) is 0 Å². The van der Waals surface area contributed by atoms with Crippen molar-refractivity contribution in [1.29, 1.82) is 0 Å². The van der Waals surface area contributed by atoms with Gasteiger partial charge in [-0.2, -0.15) is 0 Å². The van der Waals surface area contributed by atoms with Gasteiger partial charge in [0.25, 0.3) is 0 Å². The minimum atomic E-state index is 0.0729. The molecular formula is C19H21Cl2N3O. The van der Waals surface area contributed by atoms with Crippen molar-refractivity contribution in [3.05, 3.63) is 63.9 Å². The Balaban J connectivity index is 1.58. The molecule has 1 aromatic heterocycles. The van der Waals surface area contributed by atoms with Crippen LogP contribution in [0.25, 0.3) is 0 Å². The van der Waals surface area contributed by atoms with E-state index in [2.05, 4.69) is 22.9 Å². The van der Waals surface area contributed by atoms with Gasteiger partial charge in [-0.05, 0) is 36.2 Å². The Kier molecular flexibility index (Phi) is 5.94. The molecule has 1 aliphatic heterocycles. The number of pyridine rings is 1. The first-order valence-electron chi connectivity index (χ1n) is 8.41. The number of hydrogen-bond donors (Lipinski definition) is 0. The molecule has 0 N–H and O–H groups in total. The number of carbonyl (C=O) groups is 1. The molecule has 0 saturated carbocycles. The molecule has 132 valence electrons. The van der Waals surface area contributed by atoms with Gasteiger partial charge in [-0.1, -0.05) is 35.3 Å². The Morgan fingerprint density at radius 2 is 1.80 bits per heavy atom. The molecule has 0 aliphatic carbocycles. The van der Waals surface area contributed by atoms with Gasteiger partial charge in [0.15, 0.2) is 0 Å². The normalized spacial score (nSPS) is 16.7. The van der Waals surface area contributed by atoms with Crippen LogP contribution in [0.15, 0.2) is 42.7 Å². The molecule has 1 saturated heterocycles. The number of nitrogens with zero attached hydrogens (tertiary/aromatic N) is 3. The summed E-state index contributed by atoms with van der Waals surface area (Å²) in [6.07, 6.45) is 3.94. The highest BCUT2D eigenvalue weighted by molar-refractivity contribution is 6.36. The molecule has 1 aromatic carbocycles. The zero-order valence-electron chi connectivity index (χ0n) is 14.2. The first-order chi connectivity index (χ1) is 12.1. The summed E-state index contributed by atoms with van der Waals surface area (Å²) in [6.45, 7) is 5.30. The molecule has 1 aliphatic rings. The van der Waals surface area contributed by atoms with Crippen LogP contribution in [0.1, 0.15) is 24.1 Å². The molecule has 0 spiro atoms. The van der Waals surface area contributed by atoms with Gasteiger partial charge in [0, 0.05) is 54.7 Å². The lowest BCUT2D eigenvalue weighted by molar-refractivity contribution is -0.132. The van der Waals surface area contributed by atoms with Crippen molar-refractivity contribution in [2.75, 3.05) is 26.2 Å². The van der Waals surface area contributed by atoms with E-state index in [1.54, 1.807) is 24.4 Å². The molecule has 0 bridgehead atoms. The lowest BCUT2D eigenvalue weighted by atomic mass is 10.1. The number of amides is 1. The largest absolute Gasteiger partial charge is 0.340 e. The molecule has 4 nitrogen and oxygen atoms in total. The summed E-state index contributed by atoms with van der Waals surface area (Å²) in [5, 5.41) is 1.09. The summed E-state index contributed by atoms with van der Waals surface area (Å²) in [7, 11) is 0. The Morgan fingerprint density at radius 3 is 2.40 bits per heavy atom. The van der Waals surface area contributed by atoms with Gasteiger partial charge in [0.2, 0.25) is 5.91 Å². The smallest absolute Gasteiger partial charge is 0.227 e. The maximum atomic E-state index is 12.6. The van der Waals surface area contributed by atoms with Gasteiger partial charge < -0.3 is 4.90 Å². The van der Waals surface area contributed by atoms with Crippen LogP contribution in [0.2, 0.25) is 10.0 Å². The van der Waals surface area contributed by atoms with E-state index >= 15 is 0 Å². The predicted molar refractivity (Wildman–Crippen MR) is 101 cm³/mol. The fraction of sp³-hybridized carbons (Fsp3) is 0.368. The summed E-state index contributed by atoms with van der Waals surface area (Å²) >= 11 is 12.4. The van der Waals surface area contributed by atoms with Crippen molar-refractivity contribution < 1.29 is 4.79 Å². The van der Waals surface area contributed by atoms with Gasteiger partial charge in [-0.15, -0.1) is 0 Å². The first-order valence-corrected chi connectivity index (χ1v) is 9.16. The van der Waals surface area contributed by atoms with Crippen molar-refractivity contribution >= 4 is 29.1 Å².